The Bertz CT molecular complexity index is 624. The van der Waals surface area contributed by atoms with Gasteiger partial charge in [0.05, 0.1) is 30.0 Å². The predicted octanol–water partition coefficient (Wildman–Crippen LogP) is 2.31. The first-order chi connectivity index (χ1) is 9.63. The molecule has 0 bridgehead atoms. The SMILES string of the molecule is CC1(C)COCCN1c1c(CN)cnc2ccccc12. The smallest absolute Gasteiger partial charge is 0.0723 e. The number of para-hydroxylation sites is 1. The van der Waals surface area contributed by atoms with E-state index < -0.39 is 0 Å². The summed E-state index contributed by atoms with van der Waals surface area (Å²) in [6, 6.07) is 8.25. The molecule has 0 radical (unpaired) electrons. The lowest BCUT2D eigenvalue weighted by Crippen LogP contribution is -2.53. The molecule has 0 spiro atoms. The molecule has 1 aliphatic heterocycles. The van der Waals surface area contributed by atoms with Crippen LogP contribution < -0.4 is 10.6 Å². The fourth-order valence-electron chi connectivity index (χ4n) is 2.91. The van der Waals surface area contributed by atoms with Gasteiger partial charge in [0.2, 0.25) is 0 Å². The van der Waals surface area contributed by atoms with E-state index in [1.807, 2.05) is 18.3 Å². The van der Waals surface area contributed by atoms with Gasteiger partial charge in [0, 0.05) is 30.2 Å². The van der Waals surface area contributed by atoms with Crippen LogP contribution in [0, 0.1) is 0 Å². The normalized spacial score (nSPS) is 18.4. The second-order valence-electron chi connectivity index (χ2n) is 5.87. The van der Waals surface area contributed by atoms with Crippen LogP contribution in [0.25, 0.3) is 10.9 Å². The predicted molar refractivity (Wildman–Crippen MR) is 81.9 cm³/mol. The molecule has 2 N–H and O–H groups in total. The van der Waals surface area contributed by atoms with Crippen molar-refractivity contribution in [3.05, 3.63) is 36.0 Å². The lowest BCUT2D eigenvalue weighted by Gasteiger charge is -2.45. The molecule has 0 unspecified atom stereocenters. The van der Waals surface area contributed by atoms with Gasteiger partial charge in [-0.1, -0.05) is 18.2 Å². The summed E-state index contributed by atoms with van der Waals surface area (Å²) < 4.78 is 5.63. The van der Waals surface area contributed by atoms with Gasteiger partial charge in [-0.15, -0.1) is 0 Å². The van der Waals surface area contributed by atoms with Crippen molar-refractivity contribution in [2.24, 2.45) is 5.73 Å². The first kappa shape index (κ1) is 13.3. The average molecular weight is 271 g/mol. The van der Waals surface area contributed by atoms with Gasteiger partial charge < -0.3 is 15.4 Å². The van der Waals surface area contributed by atoms with E-state index in [1.54, 1.807) is 0 Å². The number of fused-ring (bicyclic) bond motifs is 1. The molecule has 4 nitrogen and oxygen atoms in total. The van der Waals surface area contributed by atoms with Gasteiger partial charge in [0.1, 0.15) is 0 Å². The van der Waals surface area contributed by atoms with Gasteiger partial charge >= 0.3 is 0 Å². The van der Waals surface area contributed by atoms with Crippen molar-refractivity contribution in [3.63, 3.8) is 0 Å². The number of anilines is 1. The molecule has 0 aliphatic carbocycles. The van der Waals surface area contributed by atoms with Crippen molar-refractivity contribution in [2.75, 3.05) is 24.7 Å². The third-order valence-electron chi connectivity index (χ3n) is 3.96. The Morgan fingerprint density at radius 1 is 1.35 bits per heavy atom. The molecule has 3 rings (SSSR count). The second-order valence-corrected chi connectivity index (χ2v) is 5.87. The number of pyridine rings is 1. The van der Waals surface area contributed by atoms with Crippen LogP contribution in [0.2, 0.25) is 0 Å². The molecule has 0 amide bonds. The standard InChI is InChI=1S/C16H21N3O/c1-16(2)11-20-8-7-19(16)15-12(9-17)10-18-14-6-4-3-5-13(14)15/h3-6,10H,7-9,11,17H2,1-2H3. The number of morpholine rings is 1. The highest BCUT2D eigenvalue weighted by molar-refractivity contribution is 5.93. The third kappa shape index (κ3) is 2.15. The number of aromatic nitrogens is 1. The van der Waals surface area contributed by atoms with Crippen LogP contribution >= 0.6 is 0 Å². The number of rotatable bonds is 2. The maximum atomic E-state index is 5.94. The molecule has 4 heteroatoms. The summed E-state index contributed by atoms with van der Waals surface area (Å²) >= 11 is 0. The Morgan fingerprint density at radius 2 is 2.15 bits per heavy atom. The highest BCUT2D eigenvalue weighted by Gasteiger charge is 2.32. The summed E-state index contributed by atoms with van der Waals surface area (Å²) in [5, 5.41) is 1.17. The number of nitrogens with zero attached hydrogens (tertiary/aromatic N) is 2. The van der Waals surface area contributed by atoms with Gasteiger partial charge in [-0.3, -0.25) is 4.98 Å². The molecule has 20 heavy (non-hydrogen) atoms. The Balaban J connectivity index is 2.22. The van der Waals surface area contributed by atoms with Crippen molar-refractivity contribution >= 4 is 16.6 Å². The summed E-state index contributed by atoms with van der Waals surface area (Å²) in [4.78, 5) is 6.94. The fraction of sp³-hybridized carbons (Fsp3) is 0.438. The average Bonchev–Trinajstić information content (AvgIpc) is 2.46. The number of hydrogen-bond donors (Lipinski definition) is 1. The van der Waals surface area contributed by atoms with E-state index in [2.05, 4.69) is 35.9 Å². The van der Waals surface area contributed by atoms with Crippen LogP contribution in [-0.4, -0.2) is 30.3 Å². The number of ether oxygens (including phenoxy) is 1. The van der Waals surface area contributed by atoms with Crippen molar-refractivity contribution in [3.8, 4) is 0 Å². The molecule has 0 saturated carbocycles. The Kier molecular flexibility index (Phi) is 3.36. The molecular formula is C16H21N3O. The van der Waals surface area contributed by atoms with Crippen molar-refractivity contribution in [1.82, 2.24) is 4.98 Å². The van der Waals surface area contributed by atoms with Gasteiger partial charge in [-0.25, -0.2) is 0 Å². The molecule has 106 valence electrons. The molecule has 0 atom stereocenters. The van der Waals surface area contributed by atoms with Crippen LogP contribution in [0.4, 0.5) is 5.69 Å². The van der Waals surface area contributed by atoms with E-state index in [1.165, 1.54) is 11.1 Å². The largest absolute Gasteiger partial charge is 0.377 e. The minimum atomic E-state index is -0.0354. The van der Waals surface area contributed by atoms with E-state index in [-0.39, 0.29) is 5.54 Å². The van der Waals surface area contributed by atoms with Crippen LogP contribution in [-0.2, 0) is 11.3 Å². The molecule has 1 fully saturated rings. The zero-order chi connectivity index (χ0) is 14.2. The minimum Gasteiger partial charge on any atom is -0.377 e. The quantitative estimate of drug-likeness (QED) is 0.910. The minimum absolute atomic E-state index is 0.0354. The van der Waals surface area contributed by atoms with Crippen molar-refractivity contribution in [2.45, 2.75) is 25.9 Å². The molecular weight excluding hydrogens is 250 g/mol. The summed E-state index contributed by atoms with van der Waals surface area (Å²) in [6.45, 7) is 7.29. The molecule has 1 aromatic heterocycles. The Morgan fingerprint density at radius 3 is 2.90 bits per heavy atom. The zero-order valence-electron chi connectivity index (χ0n) is 12.1. The van der Waals surface area contributed by atoms with Gasteiger partial charge in [-0.2, -0.15) is 0 Å². The van der Waals surface area contributed by atoms with E-state index in [9.17, 15) is 0 Å². The highest BCUT2D eigenvalue weighted by atomic mass is 16.5. The maximum absolute atomic E-state index is 5.94. The van der Waals surface area contributed by atoms with Crippen LogP contribution in [0.1, 0.15) is 19.4 Å². The number of hydrogen-bond acceptors (Lipinski definition) is 4. The second kappa shape index (κ2) is 5.04. The van der Waals surface area contributed by atoms with Gasteiger partial charge in [0.15, 0.2) is 0 Å². The van der Waals surface area contributed by atoms with Crippen molar-refractivity contribution < 1.29 is 4.74 Å². The molecule has 1 aromatic carbocycles. The van der Waals surface area contributed by atoms with Crippen molar-refractivity contribution in [1.29, 1.82) is 0 Å². The molecule has 1 aliphatic rings. The summed E-state index contributed by atoms with van der Waals surface area (Å²) in [5.74, 6) is 0. The maximum Gasteiger partial charge on any atom is 0.0723 e. The number of nitrogens with two attached hydrogens (primary N) is 1. The van der Waals surface area contributed by atoms with Crippen LogP contribution in [0.15, 0.2) is 30.5 Å². The lowest BCUT2D eigenvalue weighted by atomic mass is 9.98. The highest BCUT2D eigenvalue weighted by Crippen LogP contribution is 2.35. The monoisotopic (exact) mass is 271 g/mol. The third-order valence-corrected chi connectivity index (χ3v) is 3.96. The number of benzene rings is 1. The van der Waals surface area contributed by atoms with E-state index in [4.69, 9.17) is 10.5 Å². The molecule has 1 saturated heterocycles. The molecule has 2 aromatic rings. The van der Waals surface area contributed by atoms with E-state index in [0.717, 1.165) is 30.8 Å². The van der Waals surface area contributed by atoms with Crippen LogP contribution in [0.3, 0.4) is 0 Å². The first-order valence-electron chi connectivity index (χ1n) is 7.05. The summed E-state index contributed by atoms with van der Waals surface area (Å²) in [6.07, 6.45) is 1.91. The summed E-state index contributed by atoms with van der Waals surface area (Å²) in [7, 11) is 0. The van der Waals surface area contributed by atoms with Crippen LogP contribution in [0.5, 0.6) is 0 Å². The first-order valence-corrected chi connectivity index (χ1v) is 7.05. The summed E-state index contributed by atoms with van der Waals surface area (Å²) in [5.41, 5.74) is 9.23. The fourth-order valence-corrected chi connectivity index (χ4v) is 2.91. The zero-order valence-corrected chi connectivity index (χ0v) is 12.1. The lowest BCUT2D eigenvalue weighted by molar-refractivity contribution is 0.0644. The Hall–Kier alpha value is -1.65. The topological polar surface area (TPSA) is 51.4 Å². The van der Waals surface area contributed by atoms with E-state index >= 15 is 0 Å². The molecule has 2 heterocycles. The Labute approximate surface area is 119 Å². The van der Waals surface area contributed by atoms with E-state index in [0.29, 0.717) is 6.54 Å². The van der Waals surface area contributed by atoms with Gasteiger partial charge in [0.25, 0.3) is 0 Å². The van der Waals surface area contributed by atoms with Gasteiger partial charge in [-0.05, 0) is 19.9 Å².